The van der Waals surface area contributed by atoms with E-state index in [0.29, 0.717) is 47.0 Å². The largest absolute Gasteiger partial charge is 0.398 e. The number of fused-ring (bicyclic) bond motifs is 1. The van der Waals surface area contributed by atoms with Crippen molar-refractivity contribution < 1.29 is 9.59 Å². The van der Waals surface area contributed by atoms with E-state index < -0.39 is 0 Å². The number of carbonyl (C=O) groups excluding carboxylic acids is 2. The molecule has 0 saturated carbocycles. The van der Waals surface area contributed by atoms with E-state index in [9.17, 15) is 9.59 Å². The van der Waals surface area contributed by atoms with E-state index in [0.717, 1.165) is 25.0 Å². The smallest absolute Gasteiger partial charge is 0.321 e. The molecule has 5 N–H and O–H groups in total. The summed E-state index contributed by atoms with van der Waals surface area (Å²) in [4.78, 5) is 33.9. The Morgan fingerprint density at radius 3 is 2.91 bits per heavy atom. The van der Waals surface area contributed by atoms with Gasteiger partial charge in [-0.25, -0.2) is 14.5 Å². The zero-order chi connectivity index (χ0) is 22.7. The lowest BCUT2D eigenvalue weighted by Crippen LogP contribution is -2.32. The van der Waals surface area contributed by atoms with Gasteiger partial charge in [-0.2, -0.15) is 5.10 Å². The molecule has 2 aromatic heterocycles. The zero-order valence-corrected chi connectivity index (χ0v) is 17.9. The van der Waals surface area contributed by atoms with Gasteiger partial charge in [-0.1, -0.05) is 6.58 Å². The summed E-state index contributed by atoms with van der Waals surface area (Å²) in [6.45, 7) is 6.97. The van der Waals surface area contributed by atoms with Crippen molar-refractivity contribution in [2.24, 2.45) is 5.73 Å². The number of nitrogens with zero attached hydrogens (tertiary/aromatic N) is 4. The first-order valence-corrected chi connectivity index (χ1v) is 10.5. The van der Waals surface area contributed by atoms with Gasteiger partial charge in [-0.3, -0.25) is 10.1 Å². The molecule has 1 fully saturated rings. The molecule has 0 bridgehead atoms. The second-order valence-corrected chi connectivity index (χ2v) is 7.52. The van der Waals surface area contributed by atoms with Crippen molar-refractivity contribution >= 4 is 34.6 Å². The van der Waals surface area contributed by atoms with Crippen molar-refractivity contribution in [3.63, 3.8) is 0 Å². The number of allylic oxidation sites excluding steroid dienone is 1. The summed E-state index contributed by atoms with van der Waals surface area (Å²) in [5.74, 6) is 0.107. The van der Waals surface area contributed by atoms with Crippen molar-refractivity contribution in [2.75, 3.05) is 18.4 Å². The van der Waals surface area contributed by atoms with Crippen LogP contribution in [-0.4, -0.2) is 49.7 Å². The molecule has 10 nitrogen and oxygen atoms in total. The van der Waals surface area contributed by atoms with Crippen LogP contribution in [0, 0.1) is 0 Å². The predicted molar refractivity (Wildman–Crippen MR) is 123 cm³/mol. The van der Waals surface area contributed by atoms with E-state index >= 15 is 0 Å². The fourth-order valence-corrected chi connectivity index (χ4v) is 3.68. The van der Waals surface area contributed by atoms with E-state index in [1.165, 1.54) is 6.08 Å². The monoisotopic (exact) mass is 434 g/mol. The topological polar surface area (TPSA) is 134 Å². The van der Waals surface area contributed by atoms with Crippen molar-refractivity contribution in [1.82, 2.24) is 30.0 Å². The van der Waals surface area contributed by atoms with Crippen LogP contribution in [-0.2, 0) is 4.79 Å². The maximum absolute atomic E-state index is 12.8. The standard InChI is InChI=1S/C22H26N8O2/c1-3-24-22(32)28-21-26-17-11-15(12-18(20(17)27-21)30-10-6-8-25-30)16(23)13-19(31)29-9-5-4-7-14(29)2/h6,8,10-13H,2-5,7,9,23H2,1H3,(H3,24,26,27,28,32)/b16-13-. The van der Waals surface area contributed by atoms with Gasteiger partial charge >= 0.3 is 6.03 Å². The number of nitrogens with two attached hydrogens (primary N) is 1. The molecule has 10 heteroatoms. The molecule has 1 aliphatic heterocycles. The number of rotatable bonds is 5. The SMILES string of the molecule is C=C1CCCCN1C(=O)/C=C(\N)c1cc(-n2cccn2)c2nc(NC(=O)NCC)[nH]c2c1. The first kappa shape index (κ1) is 21.2. The van der Waals surface area contributed by atoms with Gasteiger partial charge in [0.05, 0.1) is 11.2 Å². The van der Waals surface area contributed by atoms with Crippen LogP contribution in [0.25, 0.3) is 22.4 Å². The number of likely N-dealkylation sites (tertiary alicyclic amines) is 1. The third-order valence-electron chi connectivity index (χ3n) is 5.24. The minimum Gasteiger partial charge on any atom is -0.398 e. The van der Waals surface area contributed by atoms with Crippen molar-refractivity contribution in [3.05, 3.63) is 54.5 Å². The third kappa shape index (κ3) is 4.34. The van der Waals surface area contributed by atoms with Crippen LogP contribution in [0.3, 0.4) is 0 Å². The van der Waals surface area contributed by atoms with Gasteiger partial charge in [0, 0.05) is 48.5 Å². The molecule has 0 aliphatic carbocycles. The minimum absolute atomic E-state index is 0.184. The maximum Gasteiger partial charge on any atom is 0.321 e. The van der Waals surface area contributed by atoms with Crippen LogP contribution in [0.15, 0.2) is 48.9 Å². The highest BCUT2D eigenvalue weighted by molar-refractivity contribution is 5.98. The van der Waals surface area contributed by atoms with Crippen molar-refractivity contribution in [1.29, 1.82) is 0 Å². The summed E-state index contributed by atoms with van der Waals surface area (Å²) >= 11 is 0. The molecule has 1 aromatic carbocycles. The first-order chi connectivity index (χ1) is 15.5. The quantitative estimate of drug-likeness (QED) is 0.458. The number of H-pyrrole nitrogens is 1. The fourth-order valence-electron chi connectivity index (χ4n) is 3.68. The summed E-state index contributed by atoms with van der Waals surface area (Å²) in [5, 5.41) is 9.63. The Morgan fingerprint density at radius 2 is 2.19 bits per heavy atom. The molecule has 3 aromatic rings. The van der Waals surface area contributed by atoms with Gasteiger partial charge in [-0.15, -0.1) is 0 Å². The number of amides is 3. The summed E-state index contributed by atoms with van der Waals surface area (Å²) in [6, 6.07) is 5.04. The van der Waals surface area contributed by atoms with Crippen LogP contribution in [0.1, 0.15) is 31.7 Å². The molecule has 0 radical (unpaired) electrons. The van der Waals surface area contributed by atoms with E-state index in [-0.39, 0.29) is 11.9 Å². The highest BCUT2D eigenvalue weighted by Crippen LogP contribution is 2.27. The normalized spacial score (nSPS) is 14.6. The molecule has 1 saturated heterocycles. The Bertz CT molecular complexity index is 1190. The lowest BCUT2D eigenvalue weighted by molar-refractivity contribution is -0.124. The van der Waals surface area contributed by atoms with Crippen LogP contribution in [0.5, 0.6) is 0 Å². The predicted octanol–water partition coefficient (Wildman–Crippen LogP) is 2.72. The molecule has 3 heterocycles. The molecular weight excluding hydrogens is 408 g/mol. The lowest BCUT2D eigenvalue weighted by Gasteiger charge is -2.28. The fraction of sp³-hybridized carbons (Fsp3) is 0.273. The average Bonchev–Trinajstić information content (AvgIpc) is 3.43. The first-order valence-electron chi connectivity index (χ1n) is 10.5. The van der Waals surface area contributed by atoms with E-state index in [1.54, 1.807) is 34.1 Å². The minimum atomic E-state index is -0.362. The summed E-state index contributed by atoms with van der Waals surface area (Å²) < 4.78 is 1.66. The highest BCUT2D eigenvalue weighted by atomic mass is 16.2. The van der Waals surface area contributed by atoms with Gasteiger partial charge in [0.15, 0.2) is 0 Å². The number of benzene rings is 1. The van der Waals surface area contributed by atoms with Crippen LogP contribution in [0.2, 0.25) is 0 Å². The number of hydrogen-bond acceptors (Lipinski definition) is 5. The number of urea groups is 1. The van der Waals surface area contributed by atoms with Gasteiger partial charge in [-0.05, 0) is 44.4 Å². The Morgan fingerprint density at radius 1 is 1.34 bits per heavy atom. The van der Waals surface area contributed by atoms with Crippen LogP contribution in [0.4, 0.5) is 10.7 Å². The third-order valence-corrected chi connectivity index (χ3v) is 5.24. The number of piperidine rings is 1. The molecule has 3 amide bonds. The highest BCUT2D eigenvalue weighted by Gasteiger charge is 2.20. The lowest BCUT2D eigenvalue weighted by atomic mass is 10.1. The average molecular weight is 435 g/mol. The number of nitrogens with one attached hydrogen (secondary N) is 3. The molecule has 1 aliphatic rings. The number of anilines is 1. The maximum atomic E-state index is 12.8. The number of aromatic nitrogens is 4. The number of carbonyl (C=O) groups is 2. The Hall–Kier alpha value is -4.08. The van der Waals surface area contributed by atoms with Crippen molar-refractivity contribution in [2.45, 2.75) is 26.2 Å². The van der Waals surface area contributed by atoms with E-state index in [1.807, 2.05) is 13.0 Å². The second kappa shape index (κ2) is 8.96. The zero-order valence-electron chi connectivity index (χ0n) is 17.9. The van der Waals surface area contributed by atoms with E-state index in [4.69, 9.17) is 5.73 Å². The van der Waals surface area contributed by atoms with Gasteiger partial charge in [0.2, 0.25) is 5.95 Å². The van der Waals surface area contributed by atoms with Gasteiger partial charge in [0.25, 0.3) is 5.91 Å². The Kier molecular flexibility index (Phi) is 5.93. The molecule has 0 spiro atoms. The van der Waals surface area contributed by atoms with Crippen LogP contribution < -0.4 is 16.4 Å². The van der Waals surface area contributed by atoms with Gasteiger partial charge < -0.3 is 20.9 Å². The molecule has 0 unspecified atom stereocenters. The molecule has 4 rings (SSSR count). The molecule has 166 valence electrons. The summed E-state index contributed by atoms with van der Waals surface area (Å²) in [6.07, 6.45) is 7.66. The number of aromatic amines is 1. The number of hydrogen-bond donors (Lipinski definition) is 4. The molecular formula is C22H26N8O2. The Balaban J connectivity index is 1.72. The summed E-state index contributed by atoms with van der Waals surface area (Å²) in [7, 11) is 0. The van der Waals surface area contributed by atoms with Crippen LogP contribution >= 0.6 is 0 Å². The van der Waals surface area contributed by atoms with Gasteiger partial charge in [0.1, 0.15) is 5.52 Å². The number of imidazole rings is 1. The van der Waals surface area contributed by atoms with Crippen molar-refractivity contribution in [3.8, 4) is 5.69 Å². The van der Waals surface area contributed by atoms with E-state index in [2.05, 4.69) is 32.3 Å². The molecule has 32 heavy (non-hydrogen) atoms. The molecule has 0 atom stereocenters. The summed E-state index contributed by atoms with van der Waals surface area (Å²) in [5.41, 5.74) is 10.00. The second-order valence-electron chi connectivity index (χ2n) is 7.52. The Labute approximate surface area is 185 Å².